The molecular formula is C8H15N. The average molecular weight is 125 g/mol. The SMILES string of the molecule is NC1CC/C=C\CCC1. The van der Waals surface area contributed by atoms with Crippen molar-refractivity contribution in [1.29, 1.82) is 0 Å². The monoisotopic (exact) mass is 125 g/mol. The number of allylic oxidation sites excluding steroid dienone is 2. The molecule has 1 unspecified atom stereocenters. The third-order valence-electron chi connectivity index (χ3n) is 1.82. The lowest BCUT2D eigenvalue weighted by atomic mass is 10.0. The van der Waals surface area contributed by atoms with Crippen molar-refractivity contribution in [3.05, 3.63) is 12.2 Å². The molecule has 0 radical (unpaired) electrons. The summed E-state index contributed by atoms with van der Waals surface area (Å²) in [6, 6.07) is 0.468. The Morgan fingerprint density at radius 1 is 1.11 bits per heavy atom. The topological polar surface area (TPSA) is 26.0 Å². The average Bonchev–Trinajstić information content (AvgIpc) is 1.79. The summed E-state index contributed by atoms with van der Waals surface area (Å²) in [6.45, 7) is 0. The minimum atomic E-state index is 0.468. The zero-order chi connectivity index (χ0) is 6.53. The van der Waals surface area contributed by atoms with Gasteiger partial charge in [-0.25, -0.2) is 0 Å². The predicted octanol–water partition coefficient (Wildman–Crippen LogP) is 1.83. The Balaban J connectivity index is 2.27. The molecular weight excluding hydrogens is 110 g/mol. The molecule has 1 atom stereocenters. The van der Waals surface area contributed by atoms with Crippen molar-refractivity contribution >= 4 is 0 Å². The van der Waals surface area contributed by atoms with Gasteiger partial charge in [-0.1, -0.05) is 12.2 Å². The molecule has 0 spiro atoms. The van der Waals surface area contributed by atoms with Gasteiger partial charge in [-0.15, -0.1) is 0 Å². The van der Waals surface area contributed by atoms with E-state index in [0.29, 0.717) is 6.04 Å². The summed E-state index contributed by atoms with van der Waals surface area (Å²) in [7, 11) is 0. The number of rotatable bonds is 0. The summed E-state index contributed by atoms with van der Waals surface area (Å²) in [4.78, 5) is 0. The maximum Gasteiger partial charge on any atom is 0.00418 e. The van der Waals surface area contributed by atoms with E-state index < -0.39 is 0 Å². The molecule has 0 saturated heterocycles. The largest absolute Gasteiger partial charge is 0.328 e. The smallest absolute Gasteiger partial charge is 0.00418 e. The van der Waals surface area contributed by atoms with Crippen molar-refractivity contribution in [3.8, 4) is 0 Å². The van der Waals surface area contributed by atoms with Crippen LogP contribution in [0.25, 0.3) is 0 Å². The first kappa shape index (κ1) is 6.81. The Hall–Kier alpha value is -0.300. The molecule has 0 fully saturated rings. The van der Waals surface area contributed by atoms with Crippen LogP contribution in [0, 0.1) is 0 Å². The summed E-state index contributed by atoms with van der Waals surface area (Å²) in [5, 5.41) is 0. The second-order valence-electron chi connectivity index (χ2n) is 2.74. The van der Waals surface area contributed by atoms with E-state index >= 15 is 0 Å². The molecule has 0 aliphatic heterocycles. The van der Waals surface area contributed by atoms with Gasteiger partial charge in [0.25, 0.3) is 0 Å². The van der Waals surface area contributed by atoms with Crippen LogP contribution in [-0.2, 0) is 0 Å². The lowest BCUT2D eigenvalue weighted by Crippen LogP contribution is -2.19. The first-order chi connectivity index (χ1) is 4.39. The molecule has 1 rings (SSSR count). The molecule has 1 aliphatic carbocycles. The Kier molecular flexibility index (Phi) is 2.78. The predicted molar refractivity (Wildman–Crippen MR) is 40.2 cm³/mol. The van der Waals surface area contributed by atoms with E-state index in [9.17, 15) is 0 Å². The van der Waals surface area contributed by atoms with Crippen LogP contribution in [0.4, 0.5) is 0 Å². The standard InChI is InChI=1S/C8H15N/c9-8-6-4-2-1-3-5-7-8/h1-2,8H,3-7,9H2/b2-1-. The highest BCUT2D eigenvalue weighted by Crippen LogP contribution is 2.09. The van der Waals surface area contributed by atoms with Crippen LogP contribution in [0.3, 0.4) is 0 Å². The molecule has 0 aromatic carbocycles. The number of hydrogen-bond donors (Lipinski definition) is 1. The Morgan fingerprint density at radius 3 is 2.78 bits per heavy atom. The fourth-order valence-corrected chi connectivity index (χ4v) is 1.19. The lowest BCUT2D eigenvalue weighted by molar-refractivity contribution is 0.544. The minimum Gasteiger partial charge on any atom is -0.328 e. The fraction of sp³-hybridized carbons (Fsp3) is 0.750. The molecule has 2 N–H and O–H groups in total. The Labute approximate surface area is 56.9 Å². The molecule has 1 nitrogen and oxygen atoms in total. The van der Waals surface area contributed by atoms with Crippen molar-refractivity contribution in [1.82, 2.24) is 0 Å². The number of nitrogens with two attached hydrogens (primary N) is 1. The summed E-state index contributed by atoms with van der Waals surface area (Å²) >= 11 is 0. The van der Waals surface area contributed by atoms with Gasteiger partial charge in [-0.05, 0) is 32.1 Å². The second-order valence-corrected chi connectivity index (χ2v) is 2.74. The van der Waals surface area contributed by atoms with Gasteiger partial charge in [0.05, 0.1) is 0 Å². The molecule has 0 aromatic heterocycles. The molecule has 0 bridgehead atoms. The lowest BCUT2D eigenvalue weighted by Gasteiger charge is -2.10. The van der Waals surface area contributed by atoms with Crippen LogP contribution in [0.15, 0.2) is 12.2 Å². The Morgan fingerprint density at radius 2 is 1.89 bits per heavy atom. The van der Waals surface area contributed by atoms with Gasteiger partial charge in [-0.2, -0.15) is 0 Å². The summed E-state index contributed by atoms with van der Waals surface area (Å²) < 4.78 is 0. The van der Waals surface area contributed by atoms with Crippen LogP contribution >= 0.6 is 0 Å². The van der Waals surface area contributed by atoms with Crippen molar-refractivity contribution in [2.75, 3.05) is 0 Å². The summed E-state index contributed by atoms with van der Waals surface area (Å²) in [5.41, 5.74) is 5.77. The maximum absolute atomic E-state index is 5.77. The van der Waals surface area contributed by atoms with E-state index in [2.05, 4.69) is 12.2 Å². The normalized spacial score (nSPS) is 32.8. The van der Waals surface area contributed by atoms with Gasteiger partial charge in [0.2, 0.25) is 0 Å². The van der Waals surface area contributed by atoms with E-state index in [-0.39, 0.29) is 0 Å². The van der Waals surface area contributed by atoms with Crippen molar-refractivity contribution in [2.45, 2.75) is 38.1 Å². The highest BCUT2D eigenvalue weighted by molar-refractivity contribution is 4.85. The Bertz CT molecular complexity index is 96.7. The molecule has 9 heavy (non-hydrogen) atoms. The fourth-order valence-electron chi connectivity index (χ4n) is 1.19. The van der Waals surface area contributed by atoms with Crippen LogP contribution < -0.4 is 5.73 Å². The van der Waals surface area contributed by atoms with E-state index in [4.69, 9.17) is 5.73 Å². The highest BCUT2D eigenvalue weighted by atomic mass is 14.6. The summed E-state index contributed by atoms with van der Waals surface area (Å²) in [6.07, 6.45) is 10.6. The third kappa shape index (κ3) is 2.66. The first-order valence-corrected chi connectivity index (χ1v) is 3.80. The zero-order valence-corrected chi connectivity index (χ0v) is 5.84. The molecule has 1 aliphatic rings. The molecule has 0 heterocycles. The molecule has 52 valence electrons. The second kappa shape index (κ2) is 3.67. The molecule has 1 heteroatoms. The van der Waals surface area contributed by atoms with Crippen LogP contribution in [0.5, 0.6) is 0 Å². The molecule has 0 amide bonds. The third-order valence-corrected chi connectivity index (χ3v) is 1.82. The molecule has 0 aromatic rings. The van der Waals surface area contributed by atoms with Gasteiger partial charge in [-0.3, -0.25) is 0 Å². The first-order valence-electron chi connectivity index (χ1n) is 3.80. The maximum atomic E-state index is 5.77. The number of hydrogen-bond acceptors (Lipinski definition) is 1. The quantitative estimate of drug-likeness (QED) is 0.491. The summed E-state index contributed by atoms with van der Waals surface area (Å²) in [5.74, 6) is 0. The van der Waals surface area contributed by atoms with Gasteiger partial charge in [0.1, 0.15) is 0 Å². The van der Waals surface area contributed by atoms with Gasteiger partial charge < -0.3 is 5.73 Å². The van der Waals surface area contributed by atoms with E-state index in [1.807, 2.05) is 0 Å². The highest BCUT2D eigenvalue weighted by Gasteiger charge is 2.01. The van der Waals surface area contributed by atoms with Crippen molar-refractivity contribution < 1.29 is 0 Å². The van der Waals surface area contributed by atoms with E-state index in [1.165, 1.54) is 32.1 Å². The van der Waals surface area contributed by atoms with Crippen LogP contribution in [-0.4, -0.2) is 6.04 Å². The van der Waals surface area contributed by atoms with E-state index in [0.717, 1.165) is 0 Å². The van der Waals surface area contributed by atoms with Crippen molar-refractivity contribution in [3.63, 3.8) is 0 Å². The van der Waals surface area contributed by atoms with Crippen molar-refractivity contribution in [2.24, 2.45) is 5.73 Å². The zero-order valence-electron chi connectivity index (χ0n) is 5.84. The minimum absolute atomic E-state index is 0.468. The van der Waals surface area contributed by atoms with Crippen LogP contribution in [0.2, 0.25) is 0 Å². The molecule has 0 saturated carbocycles. The van der Waals surface area contributed by atoms with Gasteiger partial charge in [0.15, 0.2) is 0 Å². The van der Waals surface area contributed by atoms with Gasteiger partial charge in [0, 0.05) is 6.04 Å². The van der Waals surface area contributed by atoms with Crippen LogP contribution in [0.1, 0.15) is 32.1 Å². The van der Waals surface area contributed by atoms with Gasteiger partial charge >= 0.3 is 0 Å². The van der Waals surface area contributed by atoms with E-state index in [1.54, 1.807) is 0 Å².